The zero-order valence-electron chi connectivity index (χ0n) is 18.5. The normalized spacial score (nSPS) is 13.8. The van der Waals surface area contributed by atoms with Crippen LogP contribution in [0.2, 0.25) is 5.15 Å². The molecule has 1 aliphatic rings. The van der Waals surface area contributed by atoms with E-state index in [-0.39, 0.29) is 11.8 Å². The van der Waals surface area contributed by atoms with Crippen molar-refractivity contribution in [2.24, 2.45) is 5.92 Å². The highest BCUT2D eigenvalue weighted by atomic mass is 35.5. The van der Waals surface area contributed by atoms with E-state index in [0.717, 1.165) is 53.5 Å². The number of nitrogens with zero attached hydrogens (tertiary/aromatic N) is 2. The Hall–Kier alpha value is -2.59. The topological polar surface area (TPSA) is 42.4 Å². The molecule has 0 spiro atoms. The molecule has 0 unspecified atom stereocenters. The van der Waals surface area contributed by atoms with Crippen molar-refractivity contribution in [3.63, 3.8) is 0 Å². The van der Waals surface area contributed by atoms with Crippen LogP contribution < -0.4 is 4.74 Å². The van der Waals surface area contributed by atoms with Gasteiger partial charge in [-0.05, 0) is 68.5 Å². The molecule has 31 heavy (non-hydrogen) atoms. The molecular formula is C26H29ClN2O2. The molecule has 1 aromatic heterocycles. The summed E-state index contributed by atoms with van der Waals surface area (Å²) in [6.45, 7) is 5.28. The van der Waals surface area contributed by atoms with E-state index in [2.05, 4.69) is 49.2 Å². The molecule has 0 saturated heterocycles. The summed E-state index contributed by atoms with van der Waals surface area (Å²) >= 11 is 6.58. The number of pyridine rings is 1. The lowest BCUT2D eigenvalue weighted by Gasteiger charge is -2.32. The van der Waals surface area contributed by atoms with Gasteiger partial charge in [-0.2, -0.15) is 0 Å². The zero-order valence-corrected chi connectivity index (χ0v) is 19.2. The van der Waals surface area contributed by atoms with Gasteiger partial charge in [0.1, 0.15) is 10.9 Å². The highest BCUT2D eigenvalue weighted by Crippen LogP contribution is 2.30. The molecule has 162 valence electrons. The molecule has 0 radical (unpaired) electrons. The van der Waals surface area contributed by atoms with Gasteiger partial charge in [0.15, 0.2) is 0 Å². The maximum absolute atomic E-state index is 13.2. The Morgan fingerprint density at radius 1 is 1.16 bits per heavy atom. The molecule has 4 rings (SSSR count). The van der Waals surface area contributed by atoms with Crippen molar-refractivity contribution in [3.05, 3.63) is 69.9 Å². The fourth-order valence-corrected chi connectivity index (χ4v) is 4.42. The van der Waals surface area contributed by atoms with Crippen molar-refractivity contribution in [2.45, 2.75) is 46.1 Å². The van der Waals surface area contributed by atoms with Gasteiger partial charge < -0.3 is 9.64 Å². The number of aromatic nitrogens is 1. The average molecular weight is 437 g/mol. The molecule has 1 aliphatic carbocycles. The van der Waals surface area contributed by atoms with Crippen LogP contribution in [0.1, 0.15) is 41.5 Å². The molecule has 0 atom stereocenters. The van der Waals surface area contributed by atoms with Crippen LogP contribution in [0.4, 0.5) is 0 Å². The van der Waals surface area contributed by atoms with Crippen LogP contribution in [0.25, 0.3) is 10.9 Å². The number of ether oxygens (including phenoxy) is 1. The van der Waals surface area contributed by atoms with Gasteiger partial charge >= 0.3 is 0 Å². The van der Waals surface area contributed by atoms with Crippen LogP contribution in [-0.4, -0.2) is 29.4 Å². The maximum Gasteiger partial charge on any atom is 0.225 e. The summed E-state index contributed by atoms with van der Waals surface area (Å²) in [5.41, 5.74) is 5.32. The van der Waals surface area contributed by atoms with Gasteiger partial charge in [-0.25, -0.2) is 4.98 Å². The summed E-state index contributed by atoms with van der Waals surface area (Å²) in [7, 11) is 1.67. The highest BCUT2D eigenvalue weighted by molar-refractivity contribution is 6.30. The van der Waals surface area contributed by atoms with E-state index >= 15 is 0 Å². The molecule has 1 fully saturated rings. The number of amides is 1. The maximum atomic E-state index is 13.2. The van der Waals surface area contributed by atoms with Gasteiger partial charge in [-0.1, -0.05) is 41.8 Å². The lowest BCUT2D eigenvalue weighted by Crippen LogP contribution is -2.39. The molecular weight excluding hydrogens is 408 g/mol. The average Bonchev–Trinajstić information content (AvgIpc) is 2.71. The molecule has 1 saturated carbocycles. The number of hydrogen-bond donors (Lipinski definition) is 0. The standard InChI is InChI=1S/C26H29ClN2O2/c1-17-13-18(2)24-21(14-17)15-22(25(27)28-24)16-29(26(30)20-5-4-6-20)12-11-19-7-9-23(31-3)10-8-19/h7-10,13-15,20H,4-6,11-12,16H2,1-3H3. The Bertz CT molecular complexity index is 1090. The third kappa shape index (κ3) is 4.85. The van der Waals surface area contributed by atoms with E-state index in [9.17, 15) is 4.79 Å². The Morgan fingerprint density at radius 3 is 2.55 bits per heavy atom. The predicted molar refractivity (Wildman–Crippen MR) is 126 cm³/mol. The van der Waals surface area contributed by atoms with Crippen molar-refractivity contribution >= 4 is 28.4 Å². The number of methoxy groups -OCH3 is 1. The highest BCUT2D eigenvalue weighted by Gasteiger charge is 2.29. The van der Waals surface area contributed by atoms with Crippen molar-refractivity contribution < 1.29 is 9.53 Å². The van der Waals surface area contributed by atoms with Crippen molar-refractivity contribution in [2.75, 3.05) is 13.7 Å². The number of rotatable bonds is 7. The van der Waals surface area contributed by atoms with Gasteiger partial charge in [-0.15, -0.1) is 0 Å². The molecule has 5 heteroatoms. The molecule has 0 N–H and O–H groups in total. The summed E-state index contributed by atoms with van der Waals surface area (Å²) in [4.78, 5) is 19.8. The van der Waals surface area contributed by atoms with Crippen LogP contribution in [0.3, 0.4) is 0 Å². The first-order valence-corrected chi connectivity index (χ1v) is 11.3. The summed E-state index contributed by atoms with van der Waals surface area (Å²) < 4.78 is 5.24. The quantitative estimate of drug-likeness (QED) is 0.434. The Kier molecular flexibility index (Phi) is 6.47. The molecule has 4 nitrogen and oxygen atoms in total. The molecule has 3 aromatic rings. The van der Waals surface area contributed by atoms with Crippen LogP contribution in [-0.2, 0) is 17.8 Å². The first kappa shape index (κ1) is 21.6. The second-order valence-corrected chi connectivity index (χ2v) is 8.94. The summed E-state index contributed by atoms with van der Waals surface area (Å²) in [5.74, 6) is 1.22. The van der Waals surface area contributed by atoms with Gasteiger partial charge in [0, 0.05) is 30.0 Å². The molecule has 1 amide bonds. The third-order valence-corrected chi connectivity index (χ3v) is 6.56. The van der Waals surface area contributed by atoms with Crippen molar-refractivity contribution in [1.29, 1.82) is 0 Å². The summed E-state index contributed by atoms with van der Waals surface area (Å²) in [6, 6.07) is 14.4. The Balaban J connectivity index is 1.57. The molecule has 2 aromatic carbocycles. The predicted octanol–water partition coefficient (Wildman–Crippen LogP) is 5.89. The fraction of sp³-hybridized carbons (Fsp3) is 0.385. The van der Waals surface area contributed by atoms with E-state index < -0.39 is 0 Å². The van der Waals surface area contributed by atoms with Crippen LogP contribution in [0.5, 0.6) is 5.75 Å². The first-order valence-electron chi connectivity index (χ1n) is 10.9. The Labute approximate surface area is 189 Å². The van der Waals surface area contributed by atoms with E-state index in [0.29, 0.717) is 18.2 Å². The number of halogens is 1. The summed E-state index contributed by atoms with van der Waals surface area (Å²) in [5, 5.41) is 1.55. The van der Waals surface area contributed by atoms with Gasteiger partial charge in [0.05, 0.1) is 12.6 Å². The number of carbonyl (C=O) groups is 1. The van der Waals surface area contributed by atoms with Crippen LogP contribution in [0.15, 0.2) is 42.5 Å². The van der Waals surface area contributed by atoms with Crippen molar-refractivity contribution in [1.82, 2.24) is 9.88 Å². The molecule has 0 aliphatic heterocycles. The van der Waals surface area contributed by atoms with E-state index in [4.69, 9.17) is 16.3 Å². The SMILES string of the molecule is COc1ccc(CCN(Cc2cc3cc(C)cc(C)c3nc2Cl)C(=O)C2CCC2)cc1. The lowest BCUT2D eigenvalue weighted by molar-refractivity contribution is -0.138. The van der Waals surface area contributed by atoms with Crippen LogP contribution >= 0.6 is 11.6 Å². The monoisotopic (exact) mass is 436 g/mol. The minimum absolute atomic E-state index is 0.146. The van der Waals surface area contributed by atoms with Gasteiger partial charge in [-0.3, -0.25) is 4.79 Å². The van der Waals surface area contributed by atoms with Crippen LogP contribution in [0, 0.1) is 19.8 Å². The number of aryl methyl sites for hydroxylation is 2. The smallest absolute Gasteiger partial charge is 0.225 e. The minimum Gasteiger partial charge on any atom is -0.497 e. The second kappa shape index (κ2) is 9.27. The molecule has 1 heterocycles. The summed E-state index contributed by atoms with van der Waals surface area (Å²) in [6.07, 6.45) is 3.90. The number of fused-ring (bicyclic) bond motifs is 1. The Morgan fingerprint density at radius 2 is 1.90 bits per heavy atom. The molecule has 0 bridgehead atoms. The first-order chi connectivity index (χ1) is 14.9. The van der Waals surface area contributed by atoms with Crippen molar-refractivity contribution in [3.8, 4) is 5.75 Å². The number of carbonyl (C=O) groups excluding carboxylic acids is 1. The van der Waals surface area contributed by atoms with E-state index in [1.807, 2.05) is 17.0 Å². The lowest BCUT2D eigenvalue weighted by atomic mass is 9.84. The fourth-order valence-electron chi connectivity index (χ4n) is 4.23. The van der Waals surface area contributed by atoms with Gasteiger partial charge in [0.2, 0.25) is 5.91 Å². The second-order valence-electron chi connectivity index (χ2n) is 8.58. The number of hydrogen-bond acceptors (Lipinski definition) is 3. The minimum atomic E-state index is 0.146. The van der Waals surface area contributed by atoms with E-state index in [1.54, 1.807) is 7.11 Å². The number of benzene rings is 2. The zero-order chi connectivity index (χ0) is 22.0. The van der Waals surface area contributed by atoms with E-state index in [1.165, 1.54) is 11.1 Å². The largest absolute Gasteiger partial charge is 0.497 e. The third-order valence-electron chi connectivity index (χ3n) is 6.24. The van der Waals surface area contributed by atoms with Gasteiger partial charge in [0.25, 0.3) is 0 Å².